The van der Waals surface area contributed by atoms with Crippen molar-refractivity contribution in [2.24, 2.45) is 7.05 Å². The van der Waals surface area contributed by atoms with Crippen molar-refractivity contribution in [3.05, 3.63) is 47.8 Å². The van der Waals surface area contributed by atoms with Gasteiger partial charge in [-0.25, -0.2) is 10.9 Å². The van der Waals surface area contributed by atoms with Gasteiger partial charge in [0.2, 0.25) is 5.91 Å². The largest absolute Gasteiger partial charge is 0.504 e. The molecule has 0 radical (unpaired) electrons. The van der Waals surface area contributed by atoms with Gasteiger partial charge in [0.25, 0.3) is 0 Å². The summed E-state index contributed by atoms with van der Waals surface area (Å²) in [5.41, 5.74) is 8.57. The van der Waals surface area contributed by atoms with Gasteiger partial charge in [0.1, 0.15) is 6.04 Å². The van der Waals surface area contributed by atoms with E-state index < -0.39 is 0 Å². The molecule has 1 saturated heterocycles. The molecule has 1 aromatic heterocycles. The molecule has 1 saturated carbocycles. The van der Waals surface area contributed by atoms with Crippen LogP contribution in [0.15, 0.2) is 36.5 Å². The fraction of sp³-hybridized carbons (Fsp3) is 0.450. The predicted molar refractivity (Wildman–Crippen MR) is 101 cm³/mol. The number of phenolic OH excluding ortho intramolecular Hbond substituents is 1. The number of hydrogen-bond donors (Lipinski definition) is 3. The smallest absolute Gasteiger partial charge is 0.241 e. The van der Waals surface area contributed by atoms with E-state index in [4.69, 9.17) is 4.74 Å². The number of rotatable bonds is 6. The quantitative estimate of drug-likeness (QED) is 0.723. The van der Waals surface area contributed by atoms with E-state index in [0.29, 0.717) is 18.3 Å². The molecule has 7 heteroatoms. The zero-order valence-corrected chi connectivity index (χ0v) is 15.7. The van der Waals surface area contributed by atoms with Crippen molar-refractivity contribution in [2.45, 2.75) is 43.9 Å². The van der Waals surface area contributed by atoms with Gasteiger partial charge in [-0.05, 0) is 49.1 Å². The van der Waals surface area contributed by atoms with Crippen molar-refractivity contribution in [2.75, 3.05) is 7.11 Å². The molecule has 1 aliphatic heterocycles. The molecule has 1 amide bonds. The molecule has 0 bridgehead atoms. The van der Waals surface area contributed by atoms with Gasteiger partial charge in [0.05, 0.1) is 13.2 Å². The number of hydrazine groups is 1. The van der Waals surface area contributed by atoms with Crippen molar-refractivity contribution in [1.29, 1.82) is 0 Å². The lowest BCUT2D eigenvalue weighted by atomic mass is 10.1. The highest BCUT2D eigenvalue weighted by molar-refractivity contribution is 5.83. The first-order valence-electron chi connectivity index (χ1n) is 9.35. The Morgan fingerprint density at radius 1 is 1.33 bits per heavy atom. The zero-order valence-electron chi connectivity index (χ0n) is 15.7. The number of benzene rings is 1. The minimum atomic E-state index is -0.246. The number of phenols is 1. The molecule has 3 N–H and O–H groups in total. The van der Waals surface area contributed by atoms with Gasteiger partial charge < -0.3 is 19.3 Å². The van der Waals surface area contributed by atoms with Crippen molar-refractivity contribution in [3.8, 4) is 11.5 Å². The summed E-state index contributed by atoms with van der Waals surface area (Å²) >= 11 is 0. The Hall–Kier alpha value is -2.51. The summed E-state index contributed by atoms with van der Waals surface area (Å²) in [7, 11) is 3.54. The van der Waals surface area contributed by atoms with Gasteiger partial charge in [-0.1, -0.05) is 6.07 Å². The number of nitrogens with one attached hydrogen (secondary N) is 2. The highest BCUT2D eigenvalue weighted by Crippen LogP contribution is 2.33. The first-order chi connectivity index (χ1) is 13.1. The summed E-state index contributed by atoms with van der Waals surface area (Å²) in [6.07, 6.45) is 4.82. The molecule has 2 fully saturated rings. The van der Waals surface area contributed by atoms with Gasteiger partial charge >= 0.3 is 0 Å². The monoisotopic (exact) mass is 370 g/mol. The van der Waals surface area contributed by atoms with E-state index in [0.717, 1.165) is 24.8 Å². The molecule has 7 nitrogen and oxygen atoms in total. The number of carbonyl (C=O) groups excluding carboxylic acids is 1. The summed E-state index contributed by atoms with van der Waals surface area (Å²) in [5.74, 6) is 0.659. The third kappa shape index (κ3) is 3.65. The lowest BCUT2D eigenvalue weighted by Gasteiger charge is -2.26. The number of nitrogens with zero attached hydrogens (tertiary/aromatic N) is 2. The molecule has 2 aliphatic rings. The van der Waals surface area contributed by atoms with Crippen LogP contribution in [0, 0.1) is 0 Å². The first-order valence-corrected chi connectivity index (χ1v) is 9.35. The fourth-order valence-corrected chi connectivity index (χ4v) is 3.74. The number of carbonyl (C=O) groups is 1. The third-order valence-electron chi connectivity index (χ3n) is 5.41. The van der Waals surface area contributed by atoms with E-state index in [1.54, 1.807) is 12.1 Å². The van der Waals surface area contributed by atoms with E-state index in [1.165, 1.54) is 12.8 Å². The van der Waals surface area contributed by atoms with E-state index in [9.17, 15) is 9.90 Å². The van der Waals surface area contributed by atoms with Crippen LogP contribution in [-0.2, 0) is 18.4 Å². The summed E-state index contributed by atoms with van der Waals surface area (Å²) in [6.45, 7) is 0.521. The normalized spacial score (nSPS) is 22.0. The maximum absolute atomic E-state index is 13.2. The standard InChI is InChI=1S/C20H26N4O3/c1-23-9-3-4-17(23)15-11-16(22-21-15)20(26)24(14-6-7-14)12-13-5-8-18(25)19(10-13)27-2/h3-5,8-10,14-16,21-22,25H,6-7,11-12H2,1-2H3. The number of amides is 1. The molecule has 2 aromatic rings. The first kappa shape index (κ1) is 17.9. The van der Waals surface area contributed by atoms with Crippen LogP contribution in [0.25, 0.3) is 0 Å². The van der Waals surface area contributed by atoms with Crippen LogP contribution >= 0.6 is 0 Å². The van der Waals surface area contributed by atoms with Crippen LogP contribution in [0.1, 0.15) is 36.6 Å². The lowest BCUT2D eigenvalue weighted by molar-refractivity contribution is -0.134. The second kappa shape index (κ2) is 7.25. The summed E-state index contributed by atoms with van der Waals surface area (Å²) < 4.78 is 7.27. The molecular formula is C20H26N4O3. The van der Waals surface area contributed by atoms with E-state index >= 15 is 0 Å². The summed E-state index contributed by atoms with van der Waals surface area (Å²) in [6, 6.07) is 9.52. The highest BCUT2D eigenvalue weighted by Gasteiger charge is 2.39. The van der Waals surface area contributed by atoms with Gasteiger partial charge in [-0.2, -0.15) is 0 Å². The Bertz CT molecular complexity index is 830. The fourth-order valence-electron chi connectivity index (χ4n) is 3.74. The third-order valence-corrected chi connectivity index (χ3v) is 5.41. The maximum Gasteiger partial charge on any atom is 0.241 e. The van der Waals surface area contributed by atoms with E-state index in [1.807, 2.05) is 30.3 Å². The van der Waals surface area contributed by atoms with Crippen molar-refractivity contribution in [3.63, 3.8) is 0 Å². The van der Waals surface area contributed by atoms with Crippen LogP contribution in [0.2, 0.25) is 0 Å². The second-order valence-corrected chi connectivity index (χ2v) is 7.38. The van der Waals surface area contributed by atoms with Gasteiger partial charge in [-0.15, -0.1) is 0 Å². The van der Waals surface area contributed by atoms with Gasteiger partial charge in [0, 0.05) is 31.5 Å². The van der Waals surface area contributed by atoms with Crippen LogP contribution in [-0.4, -0.2) is 39.7 Å². The minimum Gasteiger partial charge on any atom is -0.504 e. The molecule has 144 valence electrons. The SMILES string of the molecule is COc1cc(CN(C(=O)C2CC(c3cccn3C)NN2)C2CC2)ccc1O. The molecule has 2 atom stereocenters. The van der Waals surface area contributed by atoms with E-state index in [2.05, 4.69) is 21.5 Å². The van der Waals surface area contributed by atoms with Crippen LogP contribution < -0.4 is 15.6 Å². The van der Waals surface area contributed by atoms with Crippen LogP contribution in [0.4, 0.5) is 0 Å². The molecule has 4 rings (SSSR count). The second-order valence-electron chi connectivity index (χ2n) is 7.38. The molecule has 1 aromatic carbocycles. The Labute approximate surface area is 158 Å². The summed E-state index contributed by atoms with van der Waals surface area (Å²) in [5, 5.41) is 9.79. The average Bonchev–Trinajstić information content (AvgIpc) is 3.23. The molecular weight excluding hydrogens is 344 g/mol. The minimum absolute atomic E-state index is 0.109. The number of aromatic hydroxyl groups is 1. The molecule has 2 heterocycles. The van der Waals surface area contributed by atoms with Crippen molar-refractivity contribution >= 4 is 5.91 Å². The van der Waals surface area contributed by atoms with Crippen molar-refractivity contribution in [1.82, 2.24) is 20.3 Å². The number of hydrogen-bond acceptors (Lipinski definition) is 5. The number of aryl methyl sites for hydroxylation is 1. The molecule has 0 spiro atoms. The Morgan fingerprint density at radius 2 is 2.15 bits per heavy atom. The molecule has 27 heavy (non-hydrogen) atoms. The summed E-state index contributed by atoms with van der Waals surface area (Å²) in [4.78, 5) is 15.1. The van der Waals surface area contributed by atoms with Crippen LogP contribution in [0.5, 0.6) is 11.5 Å². The maximum atomic E-state index is 13.2. The average molecular weight is 370 g/mol. The lowest BCUT2D eigenvalue weighted by Crippen LogP contribution is -2.46. The number of methoxy groups -OCH3 is 1. The van der Waals surface area contributed by atoms with Gasteiger partial charge in [0.15, 0.2) is 11.5 Å². The van der Waals surface area contributed by atoms with Crippen molar-refractivity contribution < 1.29 is 14.6 Å². The Kier molecular flexibility index (Phi) is 4.80. The Morgan fingerprint density at radius 3 is 2.81 bits per heavy atom. The zero-order chi connectivity index (χ0) is 19.0. The topological polar surface area (TPSA) is 78.8 Å². The highest BCUT2D eigenvalue weighted by atomic mass is 16.5. The Balaban J connectivity index is 1.46. The number of aromatic nitrogens is 1. The predicted octanol–water partition coefficient (Wildman–Crippen LogP) is 1.84. The van der Waals surface area contributed by atoms with Crippen LogP contribution in [0.3, 0.4) is 0 Å². The molecule has 1 aliphatic carbocycles. The molecule has 2 unspecified atom stereocenters. The number of ether oxygens (including phenoxy) is 1. The van der Waals surface area contributed by atoms with E-state index in [-0.39, 0.29) is 23.7 Å². The van der Waals surface area contributed by atoms with Gasteiger partial charge in [-0.3, -0.25) is 4.79 Å².